The van der Waals surface area contributed by atoms with E-state index in [2.05, 4.69) is 33.6 Å². The van der Waals surface area contributed by atoms with Crippen molar-refractivity contribution in [2.24, 2.45) is 11.7 Å². The Morgan fingerprint density at radius 3 is 2.78 bits per heavy atom. The monoisotopic (exact) mass is 473 g/mol. The van der Waals surface area contributed by atoms with E-state index in [1.54, 1.807) is 0 Å². The third-order valence-corrected chi connectivity index (χ3v) is 8.51. The van der Waals surface area contributed by atoms with Gasteiger partial charge in [-0.1, -0.05) is 44.0 Å². The van der Waals surface area contributed by atoms with Gasteiger partial charge in [0, 0.05) is 17.3 Å². The van der Waals surface area contributed by atoms with Crippen LogP contribution in [0.4, 0.5) is 5.00 Å². The first-order valence-electron chi connectivity index (χ1n) is 11.4. The highest BCUT2D eigenvalue weighted by atomic mass is 32.2. The number of carbonyl (C=O) groups excluding carboxylic acids is 2. The van der Waals surface area contributed by atoms with E-state index < -0.39 is 5.91 Å². The molecule has 0 saturated heterocycles. The molecule has 0 radical (unpaired) electrons. The van der Waals surface area contributed by atoms with E-state index in [1.807, 2.05) is 6.08 Å². The van der Waals surface area contributed by atoms with Gasteiger partial charge in [-0.2, -0.15) is 0 Å². The Morgan fingerprint density at radius 1 is 1.28 bits per heavy atom. The lowest BCUT2D eigenvalue weighted by molar-refractivity contribution is -0.113. The van der Waals surface area contributed by atoms with Crippen molar-refractivity contribution >= 4 is 39.9 Å². The van der Waals surface area contributed by atoms with Gasteiger partial charge in [0.2, 0.25) is 5.91 Å². The van der Waals surface area contributed by atoms with Crippen LogP contribution in [0.3, 0.4) is 0 Å². The smallest absolute Gasteiger partial charge is 0.251 e. The molecular formula is C23H31N5O2S2. The number of carbonyl (C=O) groups is 2. The summed E-state index contributed by atoms with van der Waals surface area (Å²) in [6.45, 7) is 6.71. The van der Waals surface area contributed by atoms with Gasteiger partial charge in [0.1, 0.15) is 10.8 Å². The Bertz CT molecular complexity index is 1010. The number of amides is 2. The van der Waals surface area contributed by atoms with E-state index in [9.17, 15) is 9.59 Å². The second kappa shape index (κ2) is 10.2. The van der Waals surface area contributed by atoms with Gasteiger partial charge in [-0.25, -0.2) is 0 Å². The molecule has 1 atom stereocenters. The van der Waals surface area contributed by atoms with Gasteiger partial charge in [0.05, 0.1) is 11.3 Å². The fraction of sp³-hybridized carbons (Fsp3) is 0.565. The van der Waals surface area contributed by atoms with Crippen LogP contribution in [-0.2, 0) is 24.2 Å². The number of primary amides is 1. The summed E-state index contributed by atoms with van der Waals surface area (Å²) in [7, 11) is 0. The third-order valence-electron chi connectivity index (χ3n) is 6.37. The Morgan fingerprint density at radius 2 is 2.06 bits per heavy atom. The number of fused-ring (bicyclic) bond motifs is 1. The summed E-state index contributed by atoms with van der Waals surface area (Å²) in [5, 5.41) is 13.1. The van der Waals surface area contributed by atoms with Crippen molar-refractivity contribution < 1.29 is 9.59 Å². The van der Waals surface area contributed by atoms with Crippen LogP contribution in [0.2, 0.25) is 0 Å². The third kappa shape index (κ3) is 4.93. The van der Waals surface area contributed by atoms with Crippen LogP contribution in [0.5, 0.6) is 0 Å². The summed E-state index contributed by atoms with van der Waals surface area (Å²) in [5.74, 6) is 1.56. The first kappa shape index (κ1) is 23.0. The number of aromatic nitrogens is 3. The van der Waals surface area contributed by atoms with Gasteiger partial charge >= 0.3 is 0 Å². The molecule has 9 heteroatoms. The van der Waals surface area contributed by atoms with Gasteiger partial charge < -0.3 is 15.6 Å². The number of nitrogens with two attached hydrogens (primary N) is 1. The molecule has 4 rings (SSSR count). The molecule has 1 unspecified atom stereocenters. The standard InChI is InChI=1S/C23H31N5O2S2/c1-3-11-28-21(15-7-5-4-6-8-15)26-27-23(28)31-13-18(29)25-22-19(20(24)30)16-10-9-14(2)12-17(16)32-22/h3,14-15H,1,4-13H2,2H3,(H2,24,30)(H,25,29). The Kier molecular flexibility index (Phi) is 7.35. The molecule has 0 aliphatic heterocycles. The van der Waals surface area contributed by atoms with Crippen molar-refractivity contribution in [1.82, 2.24) is 14.8 Å². The Balaban J connectivity index is 1.45. The molecule has 2 aromatic rings. The summed E-state index contributed by atoms with van der Waals surface area (Å²) in [5.41, 5.74) is 7.18. The van der Waals surface area contributed by atoms with Crippen LogP contribution in [0.25, 0.3) is 0 Å². The zero-order valence-electron chi connectivity index (χ0n) is 18.6. The molecule has 0 spiro atoms. The van der Waals surface area contributed by atoms with Crippen LogP contribution < -0.4 is 11.1 Å². The van der Waals surface area contributed by atoms with E-state index >= 15 is 0 Å². The summed E-state index contributed by atoms with van der Waals surface area (Å²) >= 11 is 2.86. The van der Waals surface area contributed by atoms with Crippen LogP contribution >= 0.6 is 23.1 Å². The molecule has 172 valence electrons. The number of allylic oxidation sites excluding steroid dienone is 1. The van der Waals surface area contributed by atoms with Gasteiger partial charge in [-0.3, -0.25) is 9.59 Å². The molecule has 2 heterocycles. The van der Waals surface area contributed by atoms with Crippen molar-refractivity contribution in [3.8, 4) is 0 Å². The molecule has 32 heavy (non-hydrogen) atoms. The number of thioether (sulfide) groups is 1. The number of nitrogens with zero attached hydrogens (tertiary/aromatic N) is 3. The second-order valence-corrected chi connectivity index (χ2v) is 10.9. The number of thiophene rings is 1. The number of hydrogen-bond donors (Lipinski definition) is 2. The lowest BCUT2D eigenvalue weighted by Crippen LogP contribution is -2.20. The van der Waals surface area contributed by atoms with Gasteiger partial charge in [0.25, 0.3) is 5.91 Å². The van der Waals surface area contributed by atoms with E-state index in [1.165, 1.54) is 47.2 Å². The first-order valence-corrected chi connectivity index (χ1v) is 13.2. The topological polar surface area (TPSA) is 103 Å². The van der Waals surface area contributed by atoms with Crippen molar-refractivity contribution in [3.63, 3.8) is 0 Å². The maximum Gasteiger partial charge on any atom is 0.251 e. The Labute approximate surface area is 197 Å². The fourth-order valence-corrected chi connectivity index (χ4v) is 6.95. The molecule has 3 N–H and O–H groups in total. The molecule has 7 nitrogen and oxygen atoms in total. The number of rotatable bonds is 8. The molecule has 2 aromatic heterocycles. The highest BCUT2D eigenvalue weighted by Gasteiger charge is 2.28. The van der Waals surface area contributed by atoms with Crippen LogP contribution in [0.1, 0.15) is 78.0 Å². The predicted octanol–water partition coefficient (Wildman–Crippen LogP) is 4.53. The average Bonchev–Trinajstić information content (AvgIpc) is 3.33. The number of hydrogen-bond acceptors (Lipinski definition) is 6. The SMILES string of the molecule is C=CCn1c(SCC(=O)Nc2sc3c(c2C(N)=O)CCC(C)C3)nnc1C1CCCCC1. The highest BCUT2D eigenvalue weighted by Crippen LogP contribution is 2.39. The molecule has 2 aliphatic carbocycles. The summed E-state index contributed by atoms with van der Waals surface area (Å²) < 4.78 is 2.08. The predicted molar refractivity (Wildman–Crippen MR) is 129 cm³/mol. The minimum atomic E-state index is -0.470. The molecule has 1 fully saturated rings. The maximum absolute atomic E-state index is 12.8. The lowest BCUT2D eigenvalue weighted by Gasteiger charge is -2.21. The summed E-state index contributed by atoms with van der Waals surface area (Å²) in [6, 6.07) is 0. The van der Waals surface area contributed by atoms with Crippen LogP contribution in [-0.4, -0.2) is 32.3 Å². The largest absolute Gasteiger partial charge is 0.365 e. The zero-order valence-corrected chi connectivity index (χ0v) is 20.2. The maximum atomic E-state index is 12.8. The number of anilines is 1. The highest BCUT2D eigenvalue weighted by molar-refractivity contribution is 7.99. The molecule has 2 aliphatic rings. The minimum absolute atomic E-state index is 0.170. The zero-order chi connectivity index (χ0) is 22.7. The quantitative estimate of drug-likeness (QED) is 0.433. The van der Waals surface area contributed by atoms with E-state index in [-0.39, 0.29) is 11.7 Å². The Hall–Kier alpha value is -2.13. The second-order valence-electron chi connectivity index (χ2n) is 8.83. The summed E-state index contributed by atoms with van der Waals surface area (Å²) in [6.07, 6.45) is 10.7. The van der Waals surface area contributed by atoms with Crippen molar-refractivity contribution in [2.45, 2.75) is 75.9 Å². The van der Waals surface area contributed by atoms with Crippen molar-refractivity contribution in [2.75, 3.05) is 11.1 Å². The summed E-state index contributed by atoms with van der Waals surface area (Å²) in [4.78, 5) is 26.0. The average molecular weight is 474 g/mol. The van der Waals surface area contributed by atoms with E-state index in [0.29, 0.717) is 28.9 Å². The molecule has 0 aromatic carbocycles. The van der Waals surface area contributed by atoms with Crippen molar-refractivity contribution in [3.05, 3.63) is 34.5 Å². The molecule has 0 bridgehead atoms. The first-order chi connectivity index (χ1) is 15.5. The normalized spacial score (nSPS) is 18.8. The molecule has 1 saturated carbocycles. The minimum Gasteiger partial charge on any atom is -0.365 e. The van der Waals surface area contributed by atoms with Gasteiger partial charge in [0.15, 0.2) is 5.16 Å². The van der Waals surface area contributed by atoms with E-state index in [0.717, 1.165) is 48.6 Å². The van der Waals surface area contributed by atoms with Crippen LogP contribution in [0, 0.1) is 5.92 Å². The molecular weight excluding hydrogens is 442 g/mol. The van der Waals surface area contributed by atoms with Crippen molar-refractivity contribution in [1.29, 1.82) is 0 Å². The van der Waals surface area contributed by atoms with Gasteiger partial charge in [-0.15, -0.1) is 28.1 Å². The fourth-order valence-electron chi connectivity index (χ4n) is 4.76. The molecule has 2 amide bonds. The van der Waals surface area contributed by atoms with Crippen LogP contribution in [0.15, 0.2) is 17.8 Å². The number of nitrogens with one attached hydrogen (secondary N) is 1. The van der Waals surface area contributed by atoms with E-state index in [4.69, 9.17) is 5.73 Å². The van der Waals surface area contributed by atoms with Gasteiger partial charge in [-0.05, 0) is 43.6 Å². The lowest BCUT2D eigenvalue weighted by atomic mass is 9.88.